The van der Waals surface area contributed by atoms with Crippen LogP contribution in [0, 0.1) is 0 Å². The Morgan fingerprint density at radius 3 is 2.42 bits per heavy atom. The highest BCUT2D eigenvalue weighted by Gasteiger charge is 2.53. The molecular weight excluding hydrogens is 440 g/mol. The van der Waals surface area contributed by atoms with E-state index in [1.54, 1.807) is 12.1 Å². The van der Waals surface area contributed by atoms with E-state index >= 15 is 0 Å². The SMILES string of the molecule is O=C(O)c1ccc(C2(NC(=O)C3(N4CC[C@@H](Oc5cccc(Cl)c5)C4)CCCC3)CC2)cc1. The van der Waals surface area contributed by atoms with Crippen molar-refractivity contribution in [2.45, 2.75) is 62.1 Å². The minimum atomic E-state index is -0.941. The van der Waals surface area contributed by atoms with Crippen molar-refractivity contribution >= 4 is 23.5 Å². The van der Waals surface area contributed by atoms with Crippen molar-refractivity contribution in [1.82, 2.24) is 10.2 Å². The lowest BCUT2D eigenvalue weighted by Gasteiger charge is -2.38. The summed E-state index contributed by atoms with van der Waals surface area (Å²) in [6.07, 6.45) is 6.47. The first-order valence-electron chi connectivity index (χ1n) is 11.7. The smallest absolute Gasteiger partial charge is 0.335 e. The van der Waals surface area contributed by atoms with Crippen molar-refractivity contribution < 1.29 is 19.4 Å². The lowest BCUT2D eigenvalue weighted by atomic mass is 9.92. The summed E-state index contributed by atoms with van der Waals surface area (Å²) in [5.41, 5.74) is 0.372. The van der Waals surface area contributed by atoms with Gasteiger partial charge in [-0.25, -0.2) is 4.79 Å². The molecule has 1 aliphatic heterocycles. The fraction of sp³-hybridized carbons (Fsp3) is 0.462. The maximum Gasteiger partial charge on any atom is 0.335 e. The molecule has 33 heavy (non-hydrogen) atoms. The molecule has 2 aliphatic carbocycles. The molecule has 0 radical (unpaired) electrons. The molecule has 5 rings (SSSR count). The Balaban J connectivity index is 1.29. The van der Waals surface area contributed by atoms with Crippen LogP contribution in [0.4, 0.5) is 0 Å². The van der Waals surface area contributed by atoms with Crippen molar-refractivity contribution in [3.05, 3.63) is 64.7 Å². The fourth-order valence-corrected chi connectivity index (χ4v) is 5.65. The zero-order chi connectivity index (χ0) is 23.1. The van der Waals surface area contributed by atoms with Crippen molar-refractivity contribution in [2.24, 2.45) is 0 Å². The Kier molecular flexibility index (Phi) is 5.83. The highest BCUT2D eigenvalue weighted by atomic mass is 35.5. The maximum atomic E-state index is 13.8. The van der Waals surface area contributed by atoms with Crippen LogP contribution in [0.2, 0.25) is 5.02 Å². The third-order valence-electron chi connectivity index (χ3n) is 7.49. The summed E-state index contributed by atoms with van der Waals surface area (Å²) in [5.74, 6) is -0.0758. The van der Waals surface area contributed by atoms with Crippen LogP contribution in [0.3, 0.4) is 0 Å². The Labute approximate surface area is 198 Å². The zero-order valence-corrected chi connectivity index (χ0v) is 19.3. The van der Waals surface area contributed by atoms with Gasteiger partial charge in [0.1, 0.15) is 17.4 Å². The number of hydrogen-bond donors (Lipinski definition) is 2. The lowest BCUT2D eigenvalue weighted by molar-refractivity contribution is -0.134. The molecule has 0 aromatic heterocycles. The number of carbonyl (C=O) groups is 2. The molecule has 1 atom stereocenters. The minimum absolute atomic E-state index is 0.0344. The van der Waals surface area contributed by atoms with E-state index in [0.29, 0.717) is 5.02 Å². The van der Waals surface area contributed by atoms with Crippen LogP contribution in [0.25, 0.3) is 0 Å². The second-order valence-electron chi connectivity index (χ2n) is 9.59. The van der Waals surface area contributed by atoms with Crippen molar-refractivity contribution in [2.75, 3.05) is 13.1 Å². The number of nitrogens with one attached hydrogen (secondary N) is 1. The molecule has 0 unspecified atom stereocenters. The van der Waals surface area contributed by atoms with E-state index in [1.165, 1.54) is 0 Å². The number of carboxylic acid groups (broad SMARTS) is 1. The minimum Gasteiger partial charge on any atom is -0.489 e. The molecule has 0 spiro atoms. The van der Waals surface area contributed by atoms with Gasteiger partial charge in [-0.05, 0) is 68.0 Å². The first kappa shape index (κ1) is 22.2. The van der Waals surface area contributed by atoms with Crippen LogP contribution >= 0.6 is 11.6 Å². The largest absolute Gasteiger partial charge is 0.489 e. The summed E-state index contributed by atoms with van der Waals surface area (Å²) in [6, 6.07) is 14.4. The molecule has 1 amide bonds. The molecule has 2 aromatic rings. The number of amides is 1. The average Bonchev–Trinajstić information content (AvgIpc) is 3.19. The van der Waals surface area contributed by atoms with Gasteiger partial charge in [-0.1, -0.05) is 42.6 Å². The topological polar surface area (TPSA) is 78.9 Å². The van der Waals surface area contributed by atoms with Gasteiger partial charge >= 0.3 is 5.97 Å². The standard InChI is InChI=1S/C26H29ClN2O4/c27-20-4-3-5-21(16-20)33-22-10-15-29(17-22)26(11-1-2-12-26)24(32)28-25(13-14-25)19-8-6-18(7-9-19)23(30)31/h3-9,16,22H,1-2,10-15,17H2,(H,28,32)(H,30,31)/t22-/m1/s1. The van der Waals surface area contributed by atoms with E-state index in [1.807, 2.05) is 36.4 Å². The van der Waals surface area contributed by atoms with Gasteiger partial charge in [0, 0.05) is 18.1 Å². The highest BCUT2D eigenvalue weighted by Crippen LogP contribution is 2.47. The van der Waals surface area contributed by atoms with E-state index in [2.05, 4.69) is 10.2 Å². The molecule has 1 heterocycles. The molecule has 2 N–H and O–H groups in total. The molecule has 3 aliphatic rings. The molecule has 2 aromatic carbocycles. The van der Waals surface area contributed by atoms with Gasteiger partial charge in [-0.15, -0.1) is 0 Å². The number of halogens is 1. The second-order valence-corrected chi connectivity index (χ2v) is 10.0. The molecule has 1 saturated heterocycles. The number of nitrogens with zero attached hydrogens (tertiary/aromatic N) is 1. The zero-order valence-electron chi connectivity index (χ0n) is 18.6. The van der Waals surface area contributed by atoms with E-state index in [4.69, 9.17) is 16.3 Å². The monoisotopic (exact) mass is 468 g/mol. The number of aromatic carboxylic acids is 1. The highest BCUT2D eigenvalue weighted by molar-refractivity contribution is 6.30. The number of carbonyl (C=O) groups excluding carboxylic acids is 1. The van der Waals surface area contributed by atoms with E-state index in [9.17, 15) is 14.7 Å². The summed E-state index contributed by atoms with van der Waals surface area (Å²) in [5, 5.41) is 13.2. The van der Waals surface area contributed by atoms with Gasteiger partial charge in [0.05, 0.1) is 11.1 Å². The number of likely N-dealkylation sites (tertiary alicyclic amines) is 1. The van der Waals surface area contributed by atoms with Crippen LogP contribution in [0.5, 0.6) is 5.75 Å². The average molecular weight is 469 g/mol. The van der Waals surface area contributed by atoms with Gasteiger partial charge in [-0.2, -0.15) is 0 Å². The van der Waals surface area contributed by atoms with Crippen LogP contribution in [-0.2, 0) is 10.3 Å². The van der Waals surface area contributed by atoms with Crippen molar-refractivity contribution in [3.63, 3.8) is 0 Å². The first-order valence-corrected chi connectivity index (χ1v) is 12.1. The maximum absolute atomic E-state index is 13.8. The predicted octanol–water partition coefficient (Wildman–Crippen LogP) is 4.61. The molecule has 0 bridgehead atoms. The van der Waals surface area contributed by atoms with Gasteiger partial charge in [0.25, 0.3) is 0 Å². The summed E-state index contributed by atoms with van der Waals surface area (Å²) in [6.45, 7) is 1.55. The van der Waals surface area contributed by atoms with Gasteiger partial charge < -0.3 is 15.2 Å². The number of hydrogen-bond acceptors (Lipinski definition) is 4. The van der Waals surface area contributed by atoms with Crippen LogP contribution < -0.4 is 10.1 Å². The van der Waals surface area contributed by atoms with Crippen molar-refractivity contribution in [3.8, 4) is 5.75 Å². The summed E-state index contributed by atoms with van der Waals surface area (Å²) >= 11 is 6.10. The third-order valence-corrected chi connectivity index (χ3v) is 7.72. The molecule has 3 fully saturated rings. The Bertz CT molecular complexity index is 1040. The fourth-order valence-electron chi connectivity index (χ4n) is 5.47. The van der Waals surface area contributed by atoms with E-state index in [-0.39, 0.29) is 23.1 Å². The normalized spacial score (nSPS) is 23.2. The number of ether oxygens (including phenoxy) is 1. The van der Waals surface area contributed by atoms with Crippen LogP contribution in [-0.4, -0.2) is 46.6 Å². The van der Waals surface area contributed by atoms with Crippen LogP contribution in [0.15, 0.2) is 48.5 Å². The first-order chi connectivity index (χ1) is 15.9. The van der Waals surface area contributed by atoms with E-state index < -0.39 is 11.5 Å². The van der Waals surface area contributed by atoms with Gasteiger partial charge in [0.15, 0.2) is 0 Å². The molecule has 6 nitrogen and oxygen atoms in total. The number of benzene rings is 2. The van der Waals surface area contributed by atoms with E-state index in [0.717, 1.165) is 69.3 Å². The predicted molar refractivity (Wildman–Crippen MR) is 126 cm³/mol. The summed E-state index contributed by atoms with van der Waals surface area (Å²) in [7, 11) is 0. The quantitative estimate of drug-likeness (QED) is 0.620. The second kappa shape index (κ2) is 8.65. The van der Waals surface area contributed by atoms with Crippen LogP contribution in [0.1, 0.15) is 60.9 Å². The van der Waals surface area contributed by atoms with Gasteiger partial charge in [-0.3, -0.25) is 9.69 Å². The Morgan fingerprint density at radius 1 is 1.06 bits per heavy atom. The van der Waals surface area contributed by atoms with Gasteiger partial charge in [0.2, 0.25) is 5.91 Å². The summed E-state index contributed by atoms with van der Waals surface area (Å²) < 4.78 is 6.18. The Morgan fingerprint density at radius 2 is 1.79 bits per heavy atom. The molecular formula is C26H29ClN2O4. The molecule has 174 valence electrons. The number of carboxylic acids is 1. The Hall–Kier alpha value is -2.57. The number of rotatable bonds is 7. The molecule has 2 saturated carbocycles. The third kappa shape index (κ3) is 4.34. The lowest BCUT2D eigenvalue weighted by Crippen LogP contribution is -2.58. The summed E-state index contributed by atoms with van der Waals surface area (Å²) in [4.78, 5) is 27.3. The molecule has 7 heteroatoms. The van der Waals surface area contributed by atoms with Crippen molar-refractivity contribution in [1.29, 1.82) is 0 Å².